The number of nitrogens with one attached hydrogen (secondary N) is 1. The van der Waals surface area contributed by atoms with Crippen molar-refractivity contribution in [3.05, 3.63) is 0 Å². The fourth-order valence-corrected chi connectivity index (χ4v) is 3.58. The molecule has 0 spiro atoms. The molecule has 0 aromatic heterocycles. The molecule has 4 heteroatoms. The van der Waals surface area contributed by atoms with Crippen molar-refractivity contribution < 1.29 is 9.90 Å². The van der Waals surface area contributed by atoms with Gasteiger partial charge < -0.3 is 10.4 Å². The largest absolute Gasteiger partial charge is 0.480 e. The van der Waals surface area contributed by atoms with Crippen LogP contribution in [0.5, 0.6) is 0 Å². The molecule has 1 aliphatic rings. The van der Waals surface area contributed by atoms with Crippen molar-refractivity contribution >= 4 is 17.7 Å². The minimum atomic E-state index is -0.726. The van der Waals surface area contributed by atoms with Crippen molar-refractivity contribution in [3.8, 4) is 0 Å². The molecule has 3 nitrogen and oxygen atoms in total. The molecule has 0 amide bonds. The van der Waals surface area contributed by atoms with E-state index in [1.54, 1.807) is 11.8 Å². The maximum Gasteiger partial charge on any atom is 0.324 e. The summed E-state index contributed by atoms with van der Waals surface area (Å²) < 4.78 is 0. The normalized spacial score (nSPS) is 29.3. The third-order valence-electron chi connectivity index (χ3n) is 2.88. The molecule has 0 aromatic carbocycles. The van der Waals surface area contributed by atoms with E-state index in [9.17, 15) is 9.90 Å². The van der Waals surface area contributed by atoms with Crippen LogP contribution in [-0.4, -0.2) is 34.7 Å². The van der Waals surface area contributed by atoms with Gasteiger partial charge in [0.1, 0.15) is 5.54 Å². The van der Waals surface area contributed by atoms with Crippen LogP contribution in [0.1, 0.15) is 34.1 Å². The molecule has 1 aliphatic heterocycles. The van der Waals surface area contributed by atoms with Crippen molar-refractivity contribution in [2.45, 2.75) is 39.7 Å². The van der Waals surface area contributed by atoms with E-state index in [2.05, 4.69) is 33.0 Å². The van der Waals surface area contributed by atoms with Gasteiger partial charge in [0.2, 0.25) is 0 Å². The summed E-state index contributed by atoms with van der Waals surface area (Å²) in [5.41, 5.74) is -0.623. The summed E-state index contributed by atoms with van der Waals surface area (Å²) in [6.07, 6.45) is 0.717. The Labute approximate surface area is 102 Å². The lowest BCUT2D eigenvalue weighted by Gasteiger charge is -2.42. The van der Waals surface area contributed by atoms with Crippen LogP contribution < -0.4 is 5.32 Å². The van der Waals surface area contributed by atoms with Crippen LogP contribution >= 0.6 is 11.8 Å². The summed E-state index contributed by atoms with van der Waals surface area (Å²) in [6.45, 7) is 9.26. The molecule has 0 bridgehead atoms. The molecule has 1 saturated heterocycles. The summed E-state index contributed by atoms with van der Waals surface area (Å²) in [7, 11) is 0. The van der Waals surface area contributed by atoms with Crippen molar-refractivity contribution in [1.29, 1.82) is 0 Å². The van der Waals surface area contributed by atoms with E-state index in [0.717, 1.165) is 18.7 Å². The zero-order chi connectivity index (χ0) is 12.4. The topological polar surface area (TPSA) is 49.3 Å². The maximum absolute atomic E-state index is 11.5. The fraction of sp³-hybridized carbons (Fsp3) is 0.917. The Balaban J connectivity index is 2.76. The Hall–Kier alpha value is -0.220. The summed E-state index contributed by atoms with van der Waals surface area (Å²) in [5, 5.41) is 12.7. The summed E-state index contributed by atoms with van der Waals surface area (Å²) in [5.74, 6) is 1.50. The molecular formula is C12H23NO2S. The number of rotatable bonds is 4. The van der Waals surface area contributed by atoms with Crippen LogP contribution in [0.2, 0.25) is 0 Å². The maximum atomic E-state index is 11.5. The van der Waals surface area contributed by atoms with Crippen molar-refractivity contribution in [1.82, 2.24) is 5.32 Å². The van der Waals surface area contributed by atoms with E-state index in [1.165, 1.54) is 0 Å². The quantitative estimate of drug-likeness (QED) is 0.797. The van der Waals surface area contributed by atoms with E-state index >= 15 is 0 Å². The van der Waals surface area contributed by atoms with Crippen LogP contribution in [0.3, 0.4) is 0 Å². The molecule has 94 valence electrons. The van der Waals surface area contributed by atoms with E-state index in [4.69, 9.17) is 0 Å². The van der Waals surface area contributed by atoms with Gasteiger partial charge in [0.05, 0.1) is 0 Å². The Kier molecular flexibility index (Phi) is 4.29. The first kappa shape index (κ1) is 13.8. The molecule has 16 heavy (non-hydrogen) atoms. The molecule has 1 heterocycles. The van der Waals surface area contributed by atoms with E-state index in [0.29, 0.717) is 11.7 Å². The predicted octanol–water partition coefficient (Wildman–Crippen LogP) is 2.22. The standard InChI is InChI=1S/C12H23NO2S/c1-9(2)5-13-12(10(14)15)6-11(3,4)7-16-8-12/h9,13H,5-8H2,1-4H3,(H,14,15). The zero-order valence-electron chi connectivity index (χ0n) is 10.7. The third-order valence-corrected chi connectivity index (χ3v) is 4.56. The molecule has 1 fully saturated rings. The minimum Gasteiger partial charge on any atom is -0.480 e. The van der Waals surface area contributed by atoms with Gasteiger partial charge in [0.25, 0.3) is 0 Å². The highest BCUT2D eigenvalue weighted by Crippen LogP contribution is 2.39. The first-order valence-corrected chi connectivity index (χ1v) is 6.99. The van der Waals surface area contributed by atoms with Gasteiger partial charge in [-0.05, 0) is 30.1 Å². The third kappa shape index (κ3) is 3.39. The second-order valence-corrected chi connectivity index (χ2v) is 6.98. The molecular weight excluding hydrogens is 222 g/mol. The second-order valence-electron chi connectivity index (χ2n) is 6.00. The SMILES string of the molecule is CC(C)CNC1(C(=O)O)CSCC(C)(C)C1. The van der Waals surface area contributed by atoms with E-state index < -0.39 is 11.5 Å². The Morgan fingerprint density at radius 1 is 1.44 bits per heavy atom. The van der Waals surface area contributed by atoms with E-state index in [-0.39, 0.29) is 5.41 Å². The molecule has 2 N–H and O–H groups in total. The second kappa shape index (κ2) is 4.96. The first-order chi connectivity index (χ1) is 7.27. The highest BCUT2D eigenvalue weighted by Gasteiger charge is 2.45. The number of aliphatic carboxylic acids is 1. The lowest BCUT2D eigenvalue weighted by molar-refractivity contribution is -0.145. The van der Waals surface area contributed by atoms with E-state index in [1.807, 2.05) is 0 Å². The number of carboxylic acids is 1. The van der Waals surface area contributed by atoms with Crippen LogP contribution in [0.4, 0.5) is 0 Å². The van der Waals surface area contributed by atoms with Gasteiger partial charge in [0, 0.05) is 5.75 Å². The Morgan fingerprint density at radius 2 is 2.06 bits per heavy atom. The average molecular weight is 245 g/mol. The van der Waals surface area contributed by atoms with Crippen molar-refractivity contribution in [2.75, 3.05) is 18.1 Å². The molecule has 1 atom stereocenters. The average Bonchev–Trinajstić information content (AvgIpc) is 2.13. The molecule has 0 radical (unpaired) electrons. The van der Waals surface area contributed by atoms with Gasteiger partial charge in [-0.3, -0.25) is 4.79 Å². The summed E-state index contributed by atoms with van der Waals surface area (Å²) >= 11 is 1.75. The van der Waals surface area contributed by atoms with Crippen LogP contribution in [0.25, 0.3) is 0 Å². The molecule has 1 unspecified atom stereocenters. The molecule has 0 aromatic rings. The summed E-state index contributed by atoms with van der Waals surface area (Å²) in [4.78, 5) is 11.5. The zero-order valence-corrected chi connectivity index (χ0v) is 11.5. The number of hydrogen-bond donors (Lipinski definition) is 2. The monoisotopic (exact) mass is 245 g/mol. The van der Waals surface area contributed by atoms with Gasteiger partial charge in [-0.2, -0.15) is 11.8 Å². The van der Waals surface area contributed by atoms with Crippen molar-refractivity contribution in [3.63, 3.8) is 0 Å². The number of hydrogen-bond acceptors (Lipinski definition) is 3. The number of carboxylic acid groups (broad SMARTS) is 1. The van der Waals surface area contributed by atoms with Crippen molar-refractivity contribution in [2.24, 2.45) is 11.3 Å². The van der Waals surface area contributed by atoms with Gasteiger partial charge in [0.15, 0.2) is 0 Å². The lowest BCUT2D eigenvalue weighted by atomic mass is 9.79. The highest BCUT2D eigenvalue weighted by atomic mass is 32.2. The Morgan fingerprint density at radius 3 is 2.50 bits per heavy atom. The smallest absolute Gasteiger partial charge is 0.324 e. The number of thioether (sulfide) groups is 1. The minimum absolute atomic E-state index is 0.102. The lowest BCUT2D eigenvalue weighted by Crippen LogP contribution is -2.59. The van der Waals surface area contributed by atoms with Gasteiger partial charge in [-0.1, -0.05) is 27.7 Å². The molecule has 0 saturated carbocycles. The highest BCUT2D eigenvalue weighted by molar-refractivity contribution is 7.99. The van der Waals surface area contributed by atoms with Gasteiger partial charge >= 0.3 is 5.97 Å². The molecule has 0 aliphatic carbocycles. The van der Waals surface area contributed by atoms with Crippen LogP contribution in [0, 0.1) is 11.3 Å². The predicted molar refractivity (Wildman–Crippen MR) is 68.9 cm³/mol. The van der Waals surface area contributed by atoms with Gasteiger partial charge in [-0.15, -0.1) is 0 Å². The first-order valence-electron chi connectivity index (χ1n) is 5.84. The van der Waals surface area contributed by atoms with Gasteiger partial charge in [-0.25, -0.2) is 0 Å². The molecule has 1 rings (SSSR count). The fourth-order valence-electron chi connectivity index (χ4n) is 2.15. The summed E-state index contributed by atoms with van der Waals surface area (Å²) in [6, 6.07) is 0. The van der Waals surface area contributed by atoms with Crippen LogP contribution in [-0.2, 0) is 4.79 Å². The van der Waals surface area contributed by atoms with Crippen LogP contribution in [0.15, 0.2) is 0 Å². The number of carbonyl (C=O) groups is 1. The Bertz CT molecular complexity index is 266.